The fourth-order valence-corrected chi connectivity index (χ4v) is 5.23. The number of rotatable bonds is 3. The van der Waals surface area contributed by atoms with Crippen LogP contribution in [-0.4, -0.2) is 40.8 Å². The predicted octanol–water partition coefficient (Wildman–Crippen LogP) is 4.15. The van der Waals surface area contributed by atoms with Gasteiger partial charge in [-0.05, 0) is 30.0 Å². The number of imidazole rings is 1. The summed E-state index contributed by atoms with van der Waals surface area (Å²) >= 11 is 0. The molecule has 0 aromatic carbocycles. The van der Waals surface area contributed by atoms with Crippen LogP contribution in [-0.2, 0) is 19.5 Å². The van der Waals surface area contributed by atoms with Gasteiger partial charge in [0.2, 0.25) is 0 Å². The molecule has 2 aliphatic heterocycles. The topological polar surface area (TPSA) is 124 Å². The Morgan fingerprint density at radius 3 is 2.97 bits per heavy atom. The zero-order chi connectivity index (χ0) is 25.1. The van der Waals surface area contributed by atoms with Gasteiger partial charge < -0.3 is 20.9 Å². The van der Waals surface area contributed by atoms with E-state index in [0.717, 1.165) is 57.9 Å². The van der Waals surface area contributed by atoms with Crippen molar-refractivity contribution in [1.82, 2.24) is 34.3 Å². The Hall–Kier alpha value is -4.54. The van der Waals surface area contributed by atoms with Crippen LogP contribution < -0.4 is 16.4 Å². The fraction of sp³-hybridized carbons (Fsp3) is 0.269. The smallest absolute Gasteiger partial charge is 0.153 e. The molecule has 0 spiro atoms. The molecule has 5 aromatic rings. The number of hydrogen-bond donors (Lipinski definition) is 3. The number of nitrogens with two attached hydrogens (primary N) is 1. The van der Waals surface area contributed by atoms with E-state index in [2.05, 4.69) is 41.2 Å². The van der Waals surface area contributed by atoms with Gasteiger partial charge in [0.25, 0.3) is 0 Å². The van der Waals surface area contributed by atoms with Gasteiger partial charge in [0.1, 0.15) is 23.6 Å². The highest BCUT2D eigenvalue weighted by Gasteiger charge is 2.24. The summed E-state index contributed by atoms with van der Waals surface area (Å²) in [6, 6.07) is 5.95. The molecule has 5 aromatic heterocycles. The highest BCUT2D eigenvalue weighted by molar-refractivity contribution is 5.95. The van der Waals surface area contributed by atoms with Gasteiger partial charge in [-0.3, -0.25) is 9.67 Å². The number of halogens is 1. The molecule has 4 N–H and O–H groups in total. The monoisotopic (exact) mass is 496 g/mol. The van der Waals surface area contributed by atoms with Gasteiger partial charge in [-0.25, -0.2) is 19.3 Å². The van der Waals surface area contributed by atoms with E-state index < -0.39 is 6.17 Å². The quantitative estimate of drug-likeness (QED) is 0.340. The molecule has 0 bridgehead atoms. The molecule has 0 saturated carbocycles. The maximum Gasteiger partial charge on any atom is 0.153 e. The van der Waals surface area contributed by atoms with E-state index in [1.165, 1.54) is 0 Å². The van der Waals surface area contributed by atoms with Crippen LogP contribution in [0, 0.1) is 6.92 Å². The van der Waals surface area contributed by atoms with Crippen molar-refractivity contribution in [3.63, 3.8) is 0 Å². The van der Waals surface area contributed by atoms with Crippen LogP contribution in [0.5, 0.6) is 0 Å². The SMILES string of the molecule is Cc1c(-c2cc3cc(Nc4cc5n(n4)Cc4nccn4CC5)ncc3c(N)n2)cnc2c1NCCC2F. The van der Waals surface area contributed by atoms with E-state index in [9.17, 15) is 4.39 Å². The third-order valence-electron chi connectivity index (χ3n) is 7.21. The molecule has 186 valence electrons. The summed E-state index contributed by atoms with van der Waals surface area (Å²) in [4.78, 5) is 18.0. The largest absolute Gasteiger partial charge is 0.383 e. The summed E-state index contributed by atoms with van der Waals surface area (Å²) in [5, 5.41) is 13.0. The van der Waals surface area contributed by atoms with Crippen molar-refractivity contribution >= 4 is 33.9 Å². The summed E-state index contributed by atoms with van der Waals surface area (Å²) in [7, 11) is 0. The van der Waals surface area contributed by atoms with Crippen LogP contribution in [0.1, 0.15) is 35.4 Å². The minimum absolute atomic E-state index is 0.379. The lowest BCUT2D eigenvalue weighted by molar-refractivity contribution is 0.317. The Bertz CT molecular complexity index is 1670. The van der Waals surface area contributed by atoms with Crippen molar-refractivity contribution in [2.45, 2.75) is 39.0 Å². The average molecular weight is 497 g/mol. The zero-order valence-corrected chi connectivity index (χ0v) is 20.2. The second-order valence-electron chi connectivity index (χ2n) is 9.51. The molecule has 0 fully saturated rings. The summed E-state index contributed by atoms with van der Waals surface area (Å²) in [6.07, 6.45) is 7.48. The highest BCUT2D eigenvalue weighted by Crippen LogP contribution is 2.38. The summed E-state index contributed by atoms with van der Waals surface area (Å²) in [5.74, 6) is 2.76. The number of nitrogen functional groups attached to an aromatic ring is 1. The summed E-state index contributed by atoms with van der Waals surface area (Å²) in [6.45, 7) is 4.04. The molecular formula is C26H25FN10. The second kappa shape index (κ2) is 8.26. The second-order valence-corrected chi connectivity index (χ2v) is 9.51. The molecule has 0 aliphatic carbocycles. The number of hydrogen-bond acceptors (Lipinski definition) is 8. The minimum Gasteiger partial charge on any atom is -0.383 e. The standard InChI is InChI=1S/C26H25FN10/c1-14-17(11-32-25-19(27)2-4-30-24(14)25)20-8-15-9-21(31-12-18(15)26(28)33-20)34-22-10-16-3-6-36-7-5-29-23(36)13-37(16)35-22/h5,7-12,19,30H,2-4,6,13H2,1H3,(H2,28,33)(H,31,34,35). The lowest BCUT2D eigenvalue weighted by Crippen LogP contribution is -2.17. The van der Waals surface area contributed by atoms with Crippen molar-refractivity contribution in [3.8, 4) is 11.3 Å². The van der Waals surface area contributed by atoms with Crippen LogP contribution >= 0.6 is 0 Å². The Labute approximate surface area is 211 Å². The Balaban J connectivity index is 1.22. The molecule has 7 heterocycles. The van der Waals surface area contributed by atoms with Crippen LogP contribution in [0.25, 0.3) is 22.0 Å². The van der Waals surface area contributed by atoms with Crippen molar-refractivity contribution in [1.29, 1.82) is 0 Å². The van der Waals surface area contributed by atoms with Gasteiger partial charge in [-0.2, -0.15) is 5.10 Å². The minimum atomic E-state index is -1.06. The number of nitrogens with one attached hydrogen (secondary N) is 2. The van der Waals surface area contributed by atoms with Crippen molar-refractivity contribution in [2.24, 2.45) is 0 Å². The molecule has 0 amide bonds. The van der Waals surface area contributed by atoms with E-state index >= 15 is 0 Å². The van der Waals surface area contributed by atoms with E-state index in [-0.39, 0.29) is 0 Å². The summed E-state index contributed by atoms with van der Waals surface area (Å²) in [5.41, 5.74) is 11.1. The van der Waals surface area contributed by atoms with Gasteiger partial charge in [-0.1, -0.05) is 0 Å². The number of anilines is 4. The van der Waals surface area contributed by atoms with Gasteiger partial charge in [0, 0.05) is 73.4 Å². The molecule has 37 heavy (non-hydrogen) atoms. The first kappa shape index (κ1) is 21.7. The lowest BCUT2D eigenvalue weighted by Gasteiger charge is -2.23. The summed E-state index contributed by atoms with van der Waals surface area (Å²) < 4.78 is 18.5. The predicted molar refractivity (Wildman–Crippen MR) is 139 cm³/mol. The van der Waals surface area contributed by atoms with Crippen molar-refractivity contribution in [2.75, 3.05) is 22.9 Å². The number of aromatic nitrogens is 7. The average Bonchev–Trinajstić information content (AvgIpc) is 3.46. The molecular weight excluding hydrogens is 471 g/mol. The Morgan fingerprint density at radius 1 is 1.14 bits per heavy atom. The van der Waals surface area contributed by atoms with E-state index in [1.807, 2.05) is 36.1 Å². The molecule has 2 aliphatic rings. The van der Waals surface area contributed by atoms with Crippen LogP contribution in [0.15, 0.2) is 43.0 Å². The van der Waals surface area contributed by atoms with Crippen LogP contribution in [0.4, 0.5) is 27.5 Å². The molecule has 0 radical (unpaired) electrons. The van der Waals surface area contributed by atoms with Gasteiger partial charge >= 0.3 is 0 Å². The number of nitrogens with zero attached hydrogens (tertiary/aromatic N) is 7. The van der Waals surface area contributed by atoms with Gasteiger partial charge in [0.05, 0.1) is 23.6 Å². The maximum atomic E-state index is 14.4. The highest BCUT2D eigenvalue weighted by atomic mass is 19.1. The first-order chi connectivity index (χ1) is 18.0. The number of pyridine rings is 3. The molecule has 7 rings (SSSR count). The maximum absolute atomic E-state index is 14.4. The third kappa shape index (κ3) is 3.65. The number of fused-ring (bicyclic) bond motifs is 4. The normalized spacial score (nSPS) is 16.4. The van der Waals surface area contributed by atoms with Crippen molar-refractivity contribution < 1.29 is 4.39 Å². The first-order valence-electron chi connectivity index (χ1n) is 12.3. The van der Waals surface area contributed by atoms with E-state index in [1.54, 1.807) is 12.4 Å². The number of alkyl halides is 1. The molecule has 1 atom stereocenters. The van der Waals surface area contributed by atoms with Gasteiger partial charge in [-0.15, -0.1) is 0 Å². The molecule has 1 unspecified atom stereocenters. The zero-order valence-electron chi connectivity index (χ0n) is 20.2. The first-order valence-corrected chi connectivity index (χ1v) is 12.3. The molecule has 11 heteroatoms. The van der Waals surface area contributed by atoms with E-state index in [4.69, 9.17) is 10.8 Å². The van der Waals surface area contributed by atoms with Crippen LogP contribution in [0.2, 0.25) is 0 Å². The third-order valence-corrected chi connectivity index (χ3v) is 7.21. The Kier molecular flexibility index (Phi) is 4.85. The number of aryl methyl sites for hydroxylation is 2. The molecule has 10 nitrogen and oxygen atoms in total. The van der Waals surface area contributed by atoms with Crippen LogP contribution in [0.3, 0.4) is 0 Å². The van der Waals surface area contributed by atoms with Crippen molar-refractivity contribution in [3.05, 3.63) is 65.8 Å². The van der Waals surface area contributed by atoms with Gasteiger partial charge in [0.15, 0.2) is 5.82 Å². The lowest BCUT2D eigenvalue weighted by atomic mass is 9.98. The fourth-order valence-electron chi connectivity index (χ4n) is 5.23. The Morgan fingerprint density at radius 2 is 2.05 bits per heavy atom. The van der Waals surface area contributed by atoms with E-state index in [0.29, 0.717) is 42.5 Å². The molecule has 0 saturated heterocycles.